The highest BCUT2D eigenvalue weighted by Gasteiger charge is 2.20. The molecule has 1 aromatic rings. The largest absolute Gasteiger partial charge is 0.393 e. The van der Waals surface area contributed by atoms with E-state index in [-0.39, 0.29) is 12.5 Å². The molecule has 0 aliphatic heterocycles. The van der Waals surface area contributed by atoms with Crippen molar-refractivity contribution in [1.82, 2.24) is 15.5 Å². The molecule has 0 saturated carbocycles. The van der Waals surface area contributed by atoms with Crippen LogP contribution in [0, 0.1) is 0 Å². The summed E-state index contributed by atoms with van der Waals surface area (Å²) in [6, 6.07) is 1.52. The SMILES string of the molecule is CC(O)(CO)CNC(=O)c1ccn[nH]1. The third kappa shape index (κ3) is 2.82. The van der Waals surface area contributed by atoms with E-state index in [1.165, 1.54) is 19.2 Å². The number of carbonyl (C=O) groups excluding carboxylic acids is 1. The number of amides is 1. The van der Waals surface area contributed by atoms with Crippen molar-refractivity contribution >= 4 is 5.91 Å². The third-order valence-electron chi connectivity index (χ3n) is 1.72. The smallest absolute Gasteiger partial charge is 0.269 e. The lowest BCUT2D eigenvalue weighted by molar-refractivity contribution is 0.00316. The second-order valence-corrected chi connectivity index (χ2v) is 3.31. The number of hydrogen-bond acceptors (Lipinski definition) is 4. The number of hydrogen-bond donors (Lipinski definition) is 4. The summed E-state index contributed by atoms with van der Waals surface area (Å²) in [4.78, 5) is 11.3. The highest BCUT2D eigenvalue weighted by molar-refractivity contribution is 5.92. The van der Waals surface area contributed by atoms with Crippen molar-refractivity contribution in [3.63, 3.8) is 0 Å². The summed E-state index contributed by atoms with van der Waals surface area (Å²) in [5.41, 5.74) is -0.978. The number of H-pyrrole nitrogens is 1. The van der Waals surface area contributed by atoms with Crippen molar-refractivity contribution in [1.29, 1.82) is 0 Å². The van der Waals surface area contributed by atoms with Crippen molar-refractivity contribution in [3.05, 3.63) is 18.0 Å². The fourth-order valence-corrected chi connectivity index (χ4v) is 0.804. The van der Waals surface area contributed by atoms with Gasteiger partial charge >= 0.3 is 0 Å². The summed E-state index contributed by atoms with van der Waals surface area (Å²) in [5, 5.41) is 26.6. The van der Waals surface area contributed by atoms with Crippen LogP contribution in [0.15, 0.2) is 12.3 Å². The first-order valence-electron chi connectivity index (χ1n) is 4.16. The molecule has 0 spiro atoms. The lowest BCUT2D eigenvalue weighted by atomic mass is 10.1. The molecule has 1 atom stereocenters. The molecule has 0 bridgehead atoms. The zero-order chi connectivity index (χ0) is 10.6. The third-order valence-corrected chi connectivity index (χ3v) is 1.72. The highest BCUT2D eigenvalue weighted by atomic mass is 16.3. The molecule has 0 aromatic carbocycles. The summed E-state index contributed by atoms with van der Waals surface area (Å²) in [7, 11) is 0. The Morgan fingerprint density at radius 3 is 3.00 bits per heavy atom. The monoisotopic (exact) mass is 199 g/mol. The number of nitrogens with one attached hydrogen (secondary N) is 2. The second-order valence-electron chi connectivity index (χ2n) is 3.31. The fraction of sp³-hybridized carbons (Fsp3) is 0.500. The number of aliphatic hydroxyl groups is 2. The lowest BCUT2D eigenvalue weighted by Gasteiger charge is -2.20. The molecule has 78 valence electrons. The topological polar surface area (TPSA) is 98.2 Å². The Kier molecular flexibility index (Phi) is 3.21. The predicted molar refractivity (Wildman–Crippen MR) is 48.6 cm³/mol. The predicted octanol–water partition coefficient (Wildman–Crippen LogP) is -1.12. The van der Waals surface area contributed by atoms with Crippen LogP contribution in [0.1, 0.15) is 17.4 Å². The Labute approximate surface area is 81.0 Å². The molecule has 1 aromatic heterocycles. The number of nitrogens with zero attached hydrogens (tertiary/aromatic N) is 1. The summed E-state index contributed by atoms with van der Waals surface area (Å²) >= 11 is 0. The number of aromatic nitrogens is 2. The van der Waals surface area contributed by atoms with Crippen molar-refractivity contribution in [3.8, 4) is 0 Å². The van der Waals surface area contributed by atoms with Gasteiger partial charge in [0.1, 0.15) is 11.3 Å². The van der Waals surface area contributed by atoms with Crippen LogP contribution in [-0.2, 0) is 0 Å². The van der Waals surface area contributed by atoms with Gasteiger partial charge in [-0.1, -0.05) is 0 Å². The van der Waals surface area contributed by atoms with E-state index in [4.69, 9.17) is 5.11 Å². The Morgan fingerprint density at radius 1 is 1.79 bits per heavy atom. The Bertz CT molecular complexity index is 295. The number of rotatable bonds is 4. The van der Waals surface area contributed by atoms with Gasteiger partial charge < -0.3 is 15.5 Å². The summed E-state index contributed by atoms with van der Waals surface area (Å²) < 4.78 is 0. The maximum Gasteiger partial charge on any atom is 0.269 e. The van der Waals surface area contributed by atoms with Crippen LogP contribution in [0.3, 0.4) is 0 Å². The van der Waals surface area contributed by atoms with Crippen molar-refractivity contribution < 1.29 is 15.0 Å². The summed E-state index contributed by atoms with van der Waals surface area (Å²) in [6.07, 6.45) is 1.46. The Hall–Kier alpha value is -1.40. The zero-order valence-corrected chi connectivity index (χ0v) is 7.82. The Morgan fingerprint density at radius 2 is 2.50 bits per heavy atom. The molecule has 0 radical (unpaired) electrons. The minimum atomic E-state index is -1.30. The standard InChI is InChI=1S/C8H13N3O3/c1-8(14,5-12)4-9-7(13)6-2-3-10-11-6/h2-3,12,14H,4-5H2,1H3,(H,9,13)(H,10,11). The van der Waals surface area contributed by atoms with E-state index >= 15 is 0 Å². The molecule has 1 rings (SSSR count). The van der Waals surface area contributed by atoms with E-state index in [0.29, 0.717) is 5.69 Å². The van der Waals surface area contributed by atoms with E-state index in [2.05, 4.69) is 15.5 Å². The molecule has 0 fully saturated rings. The fourth-order valence-electron chi connectivity index (χ4n) is 0.804. The van der Waals surface area contributed by atoms with Gasteiger partial charge in [-0.25, -0.2) is 0 Å². The van der Waals surface area contributed by atoms with Crippen LogP contribution in [0.25, 0.3) is 0 Å². The van der Waals surface area contributed by atoms with Gasteiger partial charge in [0.05, 0.1) is 6.61 Å². The zero-order valence-electron chi connectivity index (χ0n) is 7.82. The first-order chi connectivity index (χ1) is 6.55. The number of aliphatic hydroxyl groups excluding tert-OH is 1. The molecule has 0 saturated heterocycles. The van der Waals surface area contributed by atoms with Gasteiger partial charge in [0, 0.05) is 12.7 Å². The van der Waals surface area contributed by atoms with Crippen LogP contribution in [-0.4, -0.2) is 45.1 Å². The van der Waals surface area contributed by atoms with E-state index < -0.39 is 12.2 Å². The van der Waals surface area contributed by atoms with Gasteiger partial charge in [0.15, 0.2) is 0 Å². The first-order valence-corrected chi connectivity index (χ1v) is 4.16. The molecule has 6 heteroatoms. The van der Waals surface area contributed by atoms with Crippen LogP contribution in [0.2, 0.25) is 0 Å². The van der Waals surface area contributed by atoms with Crippen molar-refractivity contribution in [2.24, 2.45) is 0 Å². The van der Waals surface area contributed by atoms with Gasteiger partial charge in [-0.3, -0.25) is 9.89 Å². The molecule has 1 heterocycles. The Balaban J connectivity index is 2.43. The van der Waals surface area contributed by atoms with Gasteiger partial charge in [0.25, 0.3) is 5.91 Å². The van der Waals surface area contributed by atoms with Crippen molar-refractivity contribution in [2.45, 2.75) is 12.5 Å². The highest BCUT2D eigenvalue weighted by Crippen LogP contribution is 1.99. The van der Waals surface area contributed by atoms with Gasteiger partial charge in [-0.2, -0.15) is 5.10 Å². The van der Waals surface area contributed by atoms with Gasteiger partial charge in [-0.15, -0.1) is 0 Å². The minimum absolute atomic E-state index is 0.0125. The number of carbonyl (C=O) groups is 1. The molecular weight excluding hydrogens is 186 g/mol. The quantitative estimate of drug-likeness (QED) is 0.494. The molecule has 4 N–H and O–H groups in total. The molecule has 14 heavy (non-hydrogen) atoms. The van der Waals surface area contributed by atoms with Gasteiger partial charge in [0.2, 0.25) is 0 Å². The van der Waals surface area contributed by atoms with E-state index in [9.17, 15) is 9.90 Å². The lowest BCUT2D eigenvalue weighted by Crippen LogP contribution is -2.43. The second kappa shape index (κ2) is 4.21. The molecule has 1 amide bonds. The first kappa shape index (κ1) is 10.7. The molecular formula is C8H13N3O3. The van der Waals surface area contributed by atoms with Gasteiger partial charge in [-0.05, 0) is 13.0 Å². The molecule has 0 aliphatic carbocycles. The summed E-state index contributed by atoms with van der Waals surface area (Å²) in [5.74, 6) is -0.365. The number of aromatic amines is 1. The van der Waals surface area contributed by atoms with Crippen LogP contribution >= 0.6 is 0 Å². The minimum Gasteiger partial charge on any atom is -0.393 e. The molecule has 1 unspecified atom stereocenters. The molecule has 0 aliphatic rings. The maximum atomic E-state index is 11.3. The van der Waals surface area contributed by atoms with Crippen LogP contribution in [0.4, 0.5) is 0 Å². The summed E-state index contributed by atoms with van der Waals surface area (Å²) in [6.45, 7) is 1.01. The molecule has 6 nitrogen and oxygen atoms in total. The van der Waals surface area contributed by atoms with E-state index in [1.54, 1.807) is 0 Å². The average Bonchev–Trinajstić information content (AvgIpc) is 2.67. The van der Waals surface area contributed by atoms with Crippen LogP contribution < -0.4 is 5.32 Å². The van der Waals surface area contributed by atoms with Crippen LogP contribution in [0.5, 0.6) is 0 Å². The maximum absolute atomic E-state index is 11.3. The normalized spacial score (nSPS) is 14.8. The van der Waals surface area contributed by atoms with E-state index in [0.717, 1.165) is 0 Å². The van der Waals surface area contributed by atoms with E-state index in [1.807, 2.05) is 0 Å². The average molecular weight is 199 g/mol. The van der Waals surface area contributed by atoms with Crippen molar-refractivity contribution in [2.75, 3.05) is 13.2 Å².